The van der Waals surface area contributed by atoms with Gasteiger partial charge in [-0.2, -0.15) is 0 Å². The quantitative estimate of drug-likeness (QED) is 0.125. The second-order valence-corrected chi connectivity index (χ2v) is 16.7. The van der Waals surface area contributed by atoms with Crippen LogP contribution in [0.5, 0.6) is 0 Å². The molecule has 0 fully saturated rings. The van der Waals surface area contributed by atoms with Gasteiger partial charge in [0.2, 0.25) is 0 Å². The number of anilines is 3. The zero-order valence-electron chi connectivity index (χ0n) is 36.0. The predicted octanol–water partition coefficient (Wildman–Crippen LogP) is 16.7. The maximum Gasteiger partial charge on any atom is 0.0674 e. The molecule has 2 heteroatoms. The fourth-order valence-corrected chi connectivity index (χ4v) is 10.5. The standard InChI is InChI=1S/C62H48N2/c1-3-5-21-48(4-2)62(49-22-11-7-12-23-49)58-28-17-15-26-54(58)55-40-39-53(43-59(55)62)63(51-35-30-45(31-36-51)44-19-9-6-10-20-44)52-37-32-46(33-38-52)47-34-41-61-57(42-47)56-27-16-18-29-60(56)64(61)50-24-13-8-14-25-50/h3-16,18-27,29-43H,1,17,28H2,2H3/b21-5-,48-4+. The molecule has 1 unspecified atom stereocenters. The number of hydrogen-bond donors (Lipinski definition) is 0. The van der Waals surface area contributed by atoms with Crippen molar-refractivity contribution in [1.29, 1.82) is 0 Å². The molecule has 306 valence electrons. The monoisotopic (exact) mass is 820 g/mol. The molecule has 0 N–H and O–H groups in total. The van der Waals surface area contributed by atoms with Crippen molar-refractivity contribution >= 4 is 44.4 Å². The van der Waals surface area contributed by atoms with E-state index in [-0.39, 0.29) is 0 Å². The summed E-state index contributed by atoms with van der Waals surface area (Å²) in [5.74, 6) is 0. The molecule has 64 heavy (non-hydrogen) atoms. The van der Waals surface area contributed by atoms with Crippen molar-refractivity contribution in [1.82, 2.24) is 4.57 Å². The molecule has 0 radical (unpaired) electrons. The molecule has 0 spiro atoms. The summed E-state index contributed by atoms with van der Waals surface area (Å²) in [6.07, 6.45) is 15.3. The van der Waals surface area contributed by atoms with Gasteiger partial charge in [0.25, 0.3) is 0 Å². The number of aromatic nitrogens is 1. The normalized spacial score (nSPS) is 15.8. The summed E-state index contributed by atoms with van der Waals surface area (Å²) in [7, 11) is 0. The van der Waals surface area contributed by atoms with Crippen LogP contribution in [0.15, 0.2) is 254 Å². The molecule has 11 rings (SSSR count). The van der Waals surface area contributed by atoms with Crippen molar-refractivity contribution in [2.24, 2.45) is 0 Å². The third-order valence-electron chi connectivity index (χ3n) is 13.3. The highest BCUT2D eigenvalue weighted by Crippen LogP contribution is 2.59. The van der Waals surface area contributed by atoms with Gasteiger partial charge in [0.15, 0.2) is 0 Å². The summed E-state index contributed by atoms with van der Waals surface area (Å²) >= 11 is 0. The van der Waals surface area contributed by atoms with Crippen LogP contribution in [-0.2, 0) is 5.41 Å². The third kappa shape index (κ3) is 6.41. The van der Waals surface area contributed by atoms with Crippen molar-refractivity contribution in [3.63, 3.8) is 0 Å². The van der Waals surface area contributed by atoms with E-state index >= 15 is 0 Å². The van der Waals surface area contributed by atoms with Crippen LogP contribution in [0.1, 0.15) is 36.5 Å². The number of hydrogen-bond acceptors (Lipinski definition) is 1. The Kier molecular flexibility index (Phi) is 9.98. The fourth-order valence-electron chi connectivity index (χ4n) is 10.5. The van der Waals surface area contributed by atoms with Crippen LogP contribution in [0, 0.1) is 0 Å². The summed E-state index contributed by atoms with van der Waals surface area (Å²) in [6, 6.07) is 73.3. The molecular weight excluding hydrogens is 773 g/mol. The highest BCUT2D eigenvalue weighted by Gasteiger charge is 2.48. The van der Waals surface area contributed by atoms with Gasteiger partial charge < -0.3 is 9.47 Å². The lowest BCUT2D eigenvalue weighted by Gasteiger charge is -2.38. The molecule has 1 atom stereocenters. The second-order valence-electron chi connectivity index (χ2n) is 16.7. The molecule has 0 bridgehead atoms. The fraction of sp³-hybridized carbons (Fsp3) is 0.0645. The topological polar surface area (TPSA) is 8.17 Å². The van der Waals surface area contributed by atoms with Gasteiger partial charge in [-0.15, -0.1) is 0 Å². The van der Waals surface area contributed by atoms with Crippen molar-refractivity contribution in [2.45, 2.75) is 25.2 Å². The van der Waals surface area contributed by atoms with Crippen LogP contribution in [0.25, 0.3) is 55.3 Å². The van der Waals surface area contributed by atoms with Crippen LogP contribution in [0.3, 0.4) is 0 Å². The number of fused-ring (bicyclic) bond motifs is 5. The van der Waals surface area contributed by atoms with E-state index in [0.29, 0.717) is 0 Å². The van der Waals surface area contributed by atoms with Crippen molar-refractivity contribution in [2.75, 3.05) is 4.90 Å². The lowest BCUT2D eigenvalue weighted by atomic mass is 9.64. The summed E-state index contributed by atoms with van der Waals surface area (Å²) < 4.78 is 2.37. The Labute approximate surface area is 376 Å². The SMILES string of the molecule is C=C/C=C\C(=C/C)C1(c2ccccc2)C2=C(C=CCC2)c2ccc(N(c3ccc(-c4ccccc4)cc3)c3ccc(-c4ccc5c(c4)c4ccccc4n5-c4ccccc4)cc3)cc21. The molecule has 2 aliphatic carbocycles. The summed E-state index contributed by atoms with van der Waals surface area (Å²) in [5, 5.41) is 2.50. The molecule has 2 aliphatic rings. The second kappa shape index (κ2) is 16.4. The van der Waals surface area contributed by atoms with Crippen molar-refractivity contribution in [3.05, 3.63) is 271 Å². The number of allylic oxidation sites excluding steroid dienone is 9. The number of nitrogens with zero attached hydrogens (tertiary/aromatic N) is 2. The minimum atomic E-state index is -0.462. The smallest absolute Gasteiger partial charge is 0.0674 e. The van der Waals surface area contributed by atoms with Crippen LogP contribution in [-0.4, -0.2) is 4.57 Å². The Morgan fingerprint density at radius 3 is 1.88 bits per heavy atom. The van der Waals surface area contributed by atoms with E-state index in [0.717, 1.165) is 35.6 Å². The zero-order chi connectivity index (χ0) is 43.0. The Hall–Kier alpha value is -7.94. The molecule has 1 aromatic heterocycles. The van der Waals surface area contributed by atoms with Gasteiger partial charge >= 0.3 is 0 Å². The lowest BCUT2D eigenvalue weighted by molar-refractivity contribution is 0.694. The van der Waals surface area contributed by atoms with E-state index < -0.39 is 5.41 Å². The molecule has 9 aromatic rings. The van der Waals surface area contributed by atoms with E-state index in [1.165, 1.54) is 77.5 Å². The van der Waals surface area contributed by atoms with Crippen LogP contribution in [0.2, 0.25) is 0 Å². The van der Waals surface area contributed by atoms with Crippen LogP contribution in [0.4, 0.5) is 17.1 Å². The van der Waals surface area contributed by atoms with Gasteiger partial charge in [-0.1, -0.05) is 176 Å². The first-order valence-corrected chi connectivity index (χ1v) is 22.4. The highest BCUT2D eigenvalue weighted by atomic mass is 15.1. The largest absolute Gasteiger partial charge is 0.310 e. The van der Waals surface area contributed by atoms with Crippen molar-refractivity contribution in [3.8, 4) is 27.9 Å². The number of benzene rings is 8. The Morgan fingerprint density at radius 2 is 1.17 bits per heavy atom. The molecule has 0 amide bonds. The minimum Gasteiger partial charge on any atom is -0.310 e. The molecule has 0 saturated heterocycles. The van der Waals surface area contributed by atoms with Gasteiger partial charge in [0, 0.05) is 33.5 Å². The molecule has 0 saturated carbocycles. The Balaban J connectivity index is 1.06. The van der Waals surface area contributed by atoms with Gasteiger partial charge in [0.1, 0.15) is 0 Å². The first kappa shape index (κ1) is 38.9. The molecule has 8 aromatic carbocycles. The number of rotatable bonds is 10. The Bertz CT molecular complexity index is 3310. The number of para-hydroxylation sites is 2. The van der Waals surface area contributed by atoms with Gasteiger partial charge in [-0.3, -0.25) is 0 Å². The van der Waals surface area contributed by atoms with E-state index in [2.05, 4.69) is 254 Å². The minimum absolute atomic E-state index is 0.462. The average Bonchev–Trinajstić information content (AvgIpc) is 3.86. The van der Waals surface area contributed by atoms with E-state index in [1.807, 2.05) is 6.08 Å². The third-order valence-corrected chi connectivity index (χ3v) is 13.3. The van der Waals surface area contributed by atoms with Crippen LogP contribution < -0.4 is 4.90 Å². The first-order valence-electron chi connectivity index (χ1n) is 22.4. The predicted molar refractivity (Wildman–Crippen MR) is 272 cm³/mol. The molecule has 1 heterocycles. The van der Waals surface area contributed by atoms with Gasteiger partial charge in [0.05, 0.1) is 16.4 Å². The summed E-state index contributed by atoms with van der Waals surface area (Å²) in [4.78, 5) is 2.42. The summed E-state index contributed by atoms with van der Waals surface area (Å²) in [6.45, 7) is 6.24. The van der Waals surface area contributed by atoms with E-state index in [1.54, 1.807) is 0 Å². The average molecular weight is 821 g/mol. The molecule has 2 nitrogen and oxygen atoms in total. The van der Waals surface area contributed by atoms with Gasteiger partial charge in [-0.25, -0.2) is 0 Å². The maximum atomic E-state index is 4.06. The molecule has 0 aliphatic heterocycles. The van der Waals surface area contributed by atoms with E-state index in [9.17, 15) is 0 Å². The van der Waals surface area contributed by atoms with Crippen molar-refractivity contribution < 1.29 is 0 Å². The van der Waals surface area contributed by atoms with E-state index in [4.69, 9.17) is 0 Å². The lowest BCUT2D eigenvalue weighted by Crippen LogP contribution is -2.31. The Morgan fingerprint density at radius 1 is 0.578 bits per heavy atom. The maximum absolute atomic E-state index is 4.06. The highest BCUT2D eigenvalue weighted by molar-refractivity contribution is 6.10. The summed E-state index contributed by atoms with van der Waals surface area (Å²) in [5.41, 5.74) is 19.1. The van der Waals surface area contributed by atoms with Crippen LogP contribution >= 0.6 is 0 Å². The first-order chi connectivity index (χ1) is 31.7. The molecular formula is C62H48N2. The van der Waals surface area contributed by atoms with Gasteiger partial charge in [-0.05, 0) is 142 Å². The zero-order valence-corrected chi connectivity index (χ0v) is 36.0.